The maximum atomic E-state index is 13.9. The van der Waals surface area contributed by atoms with Gasteiger partial charge < -0.3 is 4.74 Å². The Labute approximate surface area is 141 Å². The van der Waals surface area contributed by atoms with Crippen molar-refractivity contribution in [2.45, 2.75) is 25.2 Å². The van der Waals surface area contributed by atoms with Gasteiger partial charge in [0.2, 0.25) is 0 Å². The van der Waals surface area contributed by atoms with Gasteiger partial charge in [0.05, 0.1) is 6.61 Å². The molecule has 0 aliphatic carbocycles. The zero-order valence-corrected chi connectivity index (χ0v) is 14.4. The van der Waals surface area contributed by atoms with E-state index in [0.29, 0.717) is 25.3 Å². The first-order chi connectivity index (χ1) is 11.2. The third-order valence-electron chi connectivity index (χ3n) is 3.32. The van der Waals surface area contributed by atoms with E-state index in [1.54, 1.807) is 24.9 Å². The van der Waals surface area contributed by atoms with Gasteiger partial charge in [-0.05, 0) is 11.8 Å². The number of halogens is 1. The molecule has 23 heavy (non-hydrogen) atoms. The summed E-state index contributed by atoms with van der Waals surface area (Å²) in [7, 11) is 1.67. The average molecular weight is 335 g/mol. The molecule has 124 valence electrons. The predicted octanol–water partition coefficient (Wildman–Crippen LogP) is 3.38. The Bertz CT molecular complexity index is 595. The van der Waals surface area contributed by atoms with Crippen LogP contribution in [0.4, 0.5) is 4.39 Å². The number of nitrogens with zero attached hydrogens (tertiary/aromatic N) is 3. The Morgan fingerprint density at radius 3 is 2.57 bits per heavy atom. The largest absolute Gasteiger partial charge is 0.383 e. The van der Waals surface area contributed by atoms with Gasteiger partial charge in [0.15, 0.2) is 5.16 Å². The van der Waals surface area contributed by atoms with Crippen LogP contribution < -0.4 is 0 Å². The summed E-state index contributed by atoms with van der Waals surface area (Å²) >= 11 is 1.62. The summed E-state index contributed by atoms with van der Waals surface area (Å²) in [5.74, 6) is 0.771. The van der Waals surface area contributed by atoms with Crippen molar-refractivity contribution >= 4 is 11.8 Å². The molecule has 1 aromatic heterocycles. The molecular weight excluding hydrogens is 313 g/mol. The SMILES string of the molecule is CCSc1ncc(CN(CCOC)Cc2ccccc2F)cn1. The summed E-state index contributed by atoms with van der Waals surface area (Å²) in [6, 6.07) is 6.86. The minimum absolute atomic E-state index is 0.180. The van der Waals surface area contributed by atoms with Crippen LogP contribution >= 0.6 is 11.8 Å². The molecule has 0 unspecified atom stereocenters. The van der Waals surface area contributed by atoms with E-state index in [0.717, 1.165) is 23.0 Å². The monoisotopic (exact) mass is 335 g/mol. The van der Waals surface area contributed by atoms with Crippen molar-refractivity contribution in [3.63, 3.8) is 0 Å². The van der Waals surface area contributed by atoms with Gasteiger partial charge in [-0.15, -0.1) is 0 Å². The quantitative estimate of drug-likeness (QED) is 0.519. The second kappa shape index (κ2) is 9.60. The topological polar surface area (TPSA) is 38.2 Å². The van der Waals surface area contributed by atoms with Crippen molar-refractivity contribution in [1.82, 2.24) is 14.9 Å². The molecule has 0 aliphatic rings. The molecule has 0 N–H and O–H groups in total. The highest BCUT2D eigenvalue weighted by atomic mass is 32.2. The first-order valence-electron chi connectivity index (χ1n) is 7.61. The van der Waals surface area contributed by atoms with Gasteiger partial charge >= 0.3 is 0 Å². The van der Waals surface area contributed by atoms with Crippen LogP contribution in [-0.2, 0) is 17.8 Å². The number of rotatable bonds is 9. The Morgan fingerprint density at radius 2 is 1.91 bits per heavy atom. The molecule has 0 spiro atoms. The molecule has 2 aromatic rings. The lowest BCUT2D eigenvalue weighted by Gasteiger charge is -2.22. The summed E-state index contributed by atoms with van der Waals surface area (Å²) in [6.45, 7) is 4.58. The molecule has 0 fully saturated rings. The van der Waals surface area contributed by atoms with E-state index < -0.39 is 0 Å². The summed E-state index contributed by atoms with van der Waals surface area (Å²) in [6.07, 6.45) is 3.68. The number of hydrogen-bond acceptors (Lipinski definition) is 5. The van der Waals surface area contributed by atoms with Crippen LogP contribution in [0.5, 0.6) is 0 Å². The molecule has 0 saturated carbocycles. The molecule has 0 saturated heterocycles. The highest BCUT2D eigenvalue weighted by Crippen LogP contribution is 2.14. The molecule has 0 atom stereocenters. The summed E-state index contributed by atoms with van der Waals surface area (Å²) in [4.78, 5) is 10.8. The summed E-state index contributed by atoms with van der Waals surface area (Å²) < 4.78 is 19.0. The molecule has 0 bridgehead atoms. The van der Waals surface area contributed by atoms with Crippen LogP contribution in [0, 0.1) is 5.82 Å². The molecule has 0 radical (unpaired) electrons. The lowest BCUT2D eigenvalue weighted by molar-refractivity contribution is 0.139. The third-order valence-corrected chi connectivity index (χ3v) is 4.08. The fourth-order valence-corrected chi connectivity index (χ4v) is 2.70. The van der Waals surface area contributed by atoms with E-state index in [1.165, 1.54) is 6.07 Å². The zero-order chi connectivity index (χ0) is 16.5. The number of methoxy groups -OCH3 is 1. The van der Waals surface area contributed by atoms with Gasteiger partial charge in [-0.25, -0.2) is 14.4 Å². The van der Waals surface area contributed by atoms with Crippen LogP contribution in [-0.4, -0.2) is 40.9 Å². The first kappa shape index (κ1) is 17.8. The number of aromatic nitrogens is 2. The Hall–Kier alpha value is -1.50. The fourth-order valence-electron chi connectivity index (χ4n) is 2.19. The van der Waals surface area contributed by atoms with Crippen molar-refractivity contribution in [1.29, 1.82) is 0 Å². The second-order valence-electron chi connectivity index (χ2n) is 5.10. The fraction of sp³-hybridized carbons (Fsp3) is 0.412. The van der Waals surface area contributed by atoms with Crippen LogP contribution in [0.3, 0.4) is 0 Å². The molecular formula is C17H22FN3OS. The van der Waals surface area contributed by atoms with E-state index in [1.807, 2.05) is 24.5 Å². The highest BCUT2D eigenvalue weighted by Gasteiger charge is 2.10. The van der Waals surface area contributed by atoms with Crippen molar-refractivity contribution < 1.29 is 9.13 Å². The maximum absolute atomic E-state index is 13.9. The van der Waals surface area contributed by atoms with E-state index in [2.05, 4.69) is 21.8 Å². The minimum atomic E-state index is -0.180. The van der Waals surface area contributed by atoms with Gasteiger partial charge in [0.1, 0.15) is 5.82 Å². The highest BCUT2D eigenvalue weighted by molar-refractivity contribution is 7.99. The van der Waals surface area contributed by atoms with Gasteiger partial charge in [-0.2, -0.15) is 0 Å². The molecule has 4 nitrogen and oxygen atoms in total. The molecule has 0 amide bonds. The van der Waals surface area contributed by atoms with Crippen LogP contribution in [0.2, 0.25) is 0 Å². The van der Waals surface area contributed by atoms with Crippen LogP contribution in [0.15, 0.2) is 41.8 Å². The standard InChI is InChI=1S/C17H22FN3OS/c1-3-23-17-19-10-14(11-20-17)12-21(8-9-22-2)13-15-6-4-5-7-16(15)18/h4-7,10-11H,3,8-9,12-13H2,1-2H3. The number of benzene rings is 1. The van der Waals surface area contributed by atoms with E-state index in [9.17, 15) is 4.39 Å². The summed E-state index contributed by atoms with van der Waals surface area (Å²) in [5.41, 5.74) is 1.69. The van der Waals surface area contributed by atoms with Crippen LogP contribution in [0.25, 0.3) is 0 Å². The predicted molar refractivity (Wildman–Crippen MR) is 90.8 cm³/mol. The first-order valence-corrected chi connectivity index (χ1v) is 8.60. The molecule has 1 aromatic carbocycles. The van der Waals surface area contributed by atoms with Gasteiger partial charge in [0, 0.05) is 50.3 Å². The lowest BCUT2D eigenvalue weighted by Crippen LogP contribution is -2.27. The van der Waals surface area contributed by atoms with Crippen molar-refractivity contribution in [3.8, 4) is 0 Å². The normalized spacial score (nSPS) is 11.1. The minimum Gasteiger partial charge on any atom is -0.383 e. The van der Waals surface area contributed by atoms with Gasteiger partial charge in [-0.3, -0.25) is 4.90 Å². The third kappa shape index (κ3) is 5.89. The molecule has 6 heteroatoms. The van der Waals surface area contributed by atoms with Gasteiger partial charge in [0.25, 0.3) is 0 Å². The number of hydrogen-bond donors (Lipinski definition) is 0. The van der Waals surface area contributed by atoms with Crippen LogP contribution in [0.1, 0.15) is 18.1 Å². The summed E-state index contributed by atoms with van der Waals surface area (Å²) in [5, 5.41) is 0.786. The Balaban J connectivity index is 2.04. The van der Waals surface area contributed by atoms with Crippen molar-refractivity contribution in [2.75, 3.05) is 26.0 Å². The van der Waals surface area contributed by atoms with E-state index in [4.69, 9.17) is 4.74 Å². The number of thioether (sulfide) groups is 1. The smallest absolute Gasteiger partial charge is 0.187 e. The van der Waals surface area contributed by atoms with E-state index >= 15 is 0 Å². The average Bonchev–Trinajstić information content (AvgIpc) is 2.56. The van der Waals surface area contributed by atoms with Gasteiger partial charge in [-0.1, -0.05) is 36.9 Å². The Kier molecular flexibility index (Phi) is 7.45. The molecule has 2 rings (SSSR count). The molecule has 0 aliphatic heterocycles. The van der Waals surface area contributed by atoms with E-state index in [-0.39, 0.29) is 5.82 Å². The number of ether oxygens (including phenoxy) is 1. The lowest BCUT2D eigenvalue weighted by atomic mass is 10.2. The Morgan fingerprint density at radius 1 is 1.17 bits per heavy atom. The van der Waals surface area contributed by atoms with Crippen molar-refractivity contribution in [3.05, 3.63) is 53.6 Å². The zero-order valence-electron chi connectivity index (χ0n) is 13.5. The second-order valence-corrected chi connectivity index (χ2v) is 6.33. The van der Waals surface area contributed by atoms with Crippen molar-refractivity contribution in [2.24, 2.45) is 0 Å². The maximum Gasteiger partial charge on any atom is 0.187 e. The molecule has 1 heterocycles.